The van der Waals surface area contributed by atoms with Crippen molar-refractivity contribution in [3.63, 3.8) is 0 Å². The fraction of sp³-hybridized carbons (Fsp3) is 0.562. The molecule has 2 atom stereocenters. The fourth-order valence-electron chi connectivity index (χ4n) is 3.25. The third kappa shape index (κ3) is 2.96. The van der Waals surface area contributed by atoms with Gasteiger partial charge in [0.2, 0.25) is 0 Å². The van der Waals surface area contributed by atoms with Crippen LogP contribution in [0.4, 0.5) is 0 Å². The third-order valence-corrected chi connectivity index (χ3v) is 4.42. The summed E-state index contributed by atoms with van der Waals surface area (Å²) in [6.07, 6.45) is 5.02. The molecule has 0 saturated heterocycles. The maximum atomic E-state index is 11.1. The number of aliphatic carboxylic acids is 1. The SMILES string of the molecule is O=C(O)[C@@H]1CCC[C@@H]1NC1CC(Oc2ccccc2)C1. The van der Waals surface area contributed by atoms with Crippen LogP contribution in [0.15, 0.2) is 30.3 Å². The zero-order chi connectivity index (χ0) is 13.9. The number of nitrogens with one attached hydrogen (secondary N) is 1. The van der Waals surface area contributed by atoms with Crippen molar-refractivity contribution in [3.8, 4) is 5.75 Å². The number of para-hydroxylation sites is 1. The molecule has 0 unspecified atom stereocenters. The van der Waals surface area contributed by atoms with E-state index in [-0.39, 0.29) is 18.1 Å². The van der Waals surface area contributed by atoms with E-state index in [4.69, 9.17) is 9.84 Å². The van der Waals surface area contributed by atoms with Crippen molar-refractivity contribution in [3.05, 3.63) is 30.3 Å². The van der Waals surface area contributed by atoms with Crippen molar-refractivity contribution in [2.75, 3.05) is 0 Å². The van der Waals surface area contributed by atoms with Crippen molar-refractivity contribution in [2.45, 2.75) is 50.3 Å². The van der Waals surface area contributed by atoms with Crippen LogP contribution in [0.3, 0.4) is 0 Å². The lowest BCUT2D eigenvalue weighted by atomic mass is 9.87. The summed E-state index contributed by atoms with van der Waals surface area (Å²) in [6, 6.07) is 10.4. The highest BCUT2D eigenvalue weighted by Crippen LogP contribution is 2.31. The van der Waals surface area contributed by atoms with E-state index in [0.29, 0.717) is 6.04 Å². The molecule has 108 valence electrons. The van der Waals surface area contributed by atoms with Crippen LogP contribution >= 0.6 is 0 Å². The van der Waals surface area contributed by atoms with Gasteiger partial charge in [0.05, 0.1) is 5.92 Å². The monoisotopic (exact) mass is 275 g/mol. The van der Waals surface area contributed by atoms with Gasteiger partial charge in [-0.1, -0.05) is 24.6 Å². The highest BCUT2D eigenvalue weighted by Gasteiger charge is 2.38. The third-order valence-electron chi connectivity index (χ3n) is 4.42. The van der Waals surface area contributed by atoms with Crippen LogP contribution < -0.4 is 10.1 Å². The molecule has 3 rings (SSSR count). The van der Waals surface area contributed by atoms with E-state index in [1.165, 1.54) is 0 Å². The quantitative estimate of drug-likeness (QED) is 0.866. The molecule has 0 bridgehead atoms. The standard InChI is InChI=1S/C16H21NO3/c18-16(19)14-7-4-8-15(14)17-11-9-13(10-11)20-12-5-2-1-3-6-12/h1-3,5-6,11,13-15,17H,4,7-10H2,(H,18,19)/t11?,13?,14-,15+/m1/s1. The maximum Gasteiger partial charge on any atom is 0.308 e. The normalized spacial score (nSPS) is 32.6. The first-order valence-corrected chi connectivity index (χ1v) is 7.43. The molecule has 1 aromatic carbocycles. The molecule has 0 heterocycles. The number of hydrogen-bond acceptors (Lipinski definition) is 3. The molecule has 20 heavy (non-hydrogen) atoms. The molecule has 0 aromatic heterocycles. The summed E-state index contributed by atoms with van der Waals surface area (Å²) >= 11 is 0. The molecule has 1 aromatic rings. The Bertz CT molecular complexity index is 456. The van der Waals surface area contributed by atoms with Gasteiger partial charge >= 0.3 is 5.97 Å². The highest BCUT2D eigenvalue weighted by molar-refractivity contribution is 5.71. The number of benzene rings is 1. The number of carboxylic acids is 1. The van der Waals surface area contributed by atoms with E-state index in [1.54, 1.807) is 0 Å². The van der Waals surface area contributed by atoms with Gasteiger partial charge in [-0.15, -0.1) is 0 Å². The van der Waals surface area contributed by atoms with Gasteiger partial charge in [0.25, 0.3) is 0 Å². The Morgan fingerprint density at radius 3 is 2.65 bits per heavy atom. The Labute approximate surface area is 119 Å². The first kappa shape index (κ1) is 13.4. The lowest BCUT2D eigenvalue weighted by molar-refractivity contribution is -0.142. The molecule has 4 nitrogen and oxygen atoms in total. The van der Waals surface area contributed by atoms with Crippen LogP contribution in [0.2, 0.25) is 0 Å². The summed E-state index contributed by atoms with van der Waals surface area (Å²) in [5.74, 6) is 0.0562. The van der Waals surface area contributed by atoms with Crippen LogP contribution in [0.5, 0.6) is 5.75 Å². The van der Waals surface area contributed by atoms with Gasteiger partial charge < -0.3 is 15.2 Å². The predicted molar refractivity (Wildman–Crippen MR) is 75.8 cm³/mol. The van der Waals surface area contributed by atoms with Gasteiger partial charge in [-0.05, 0) is 37.8 Å². The Hall–Kier alpha value is -1.55. The molecule has 2 aliphatic rings. The summed E-state index contributed by atoms with van der Waals surface area (Å²) in [7, 11) is 0. The number of ether oxygens (including phenoxy) is 1. The number of hydrogen-bond donors (Lipinski definition) is 2. The zero-order valence-electron chi connectivity index (χ0n) is 11.5. The number of rotatable bonds is 5. The second-order valence-corrected chi connectivity index (χ2v) is 5.87. The van der Waals surface area contributed by atoms with Crippen LogP contribution in [0.1, 0.15) is 32.1 Å². The molecule has 0 spiro atoms. The second-order valence-electron chi connectivity index (χ2n) is 5.87. The highest BCUT2D eigenvalue weighted by atomic mass is 16.5. The number of carboxylic acid groups (broad SMARTS) is 1. The lowest BCUT2D eigenvalue weighted by Crippen LogP contribution is -2.52. The molecule has 2 fully saturated rings. The van der Waals surface area contributed by atoms with E-state index < -0.39 is 5.97 Å². The first-order valence-electron chi connectivity index (χ1n) is 7.43. The van der Waals surface area contributed by atoms with E-state index in [9.17, 15) is 4.79 Å². The number of carbonyl (C=O) groups is 1. The smallest absolute Gasteiger partial charge is 0.308 e. The summed E-state index contributed by atoms with van der Waals surface area (Å²) in [5.41, 5.74) is 0. The van der Waals surface area contributed by atoms with Crippen LogP contribution in [-0.2, 0) is 4.79 Å². The van der Waals surface area contributed by atoms with E-state index in [2.05, 4.69) is 5.32 Å². The molecule has 2 saturated carbocycles. The van der Waals surface area contributed by atoms with Gasteiger partial charge in [0.15, 0.2) is 0 Å². The molecule has 4 heteroatoms. The van der Waals surface area contributed by atoms with Gasteiger partial charge in [0.1, 0.15) is 11.9 Å². The van der Waals surface area contributed by atoms with E-state index in [0.717, 1.165) is 37.9 Å². The van der Waals surface area contributed by atoms with Crippen molar-refractivity contribution >= 4 is 5.97 Å². The largest absolute Gasteiger partial charge is 0.490 e. The Kier molecular flexibility index (Phi) is 3.92. The average Bonchev–Trinajstić information content (AvgIpc) is 2.86. The van der Waals surface area contributed by atoms with Crippen molar-refractivity contribution in [1.82, 2.24) is 5.32 Å². The van der Waals surface area contributed by atoms with Crippen molar-refractivity contribution < 1.29 is 14.6 Å². The van der Waals surface area contributed by atoms with Crippen LogP contribution in [-0.4, -0.2) is 29.3 Å². The zero-order valence-corrected chi connectivity index (χ0v) is 11.5. The van der Waals surface area contributed by atoms with Gasteiger partial charge in [0, 0.05) is 12.1 Å². The van der Waals surface area contributed by atoms with Crippen molar-refractivity contribution in [2.24, 2.45) is 5.92 Å². The molecule has 2 N–H and O–H groups in total. The summed E-state index contributed by atoms with van der Waals surface area (Å²) < 4.78 is 5.86. The maximum absolute atomic E-state index is 11.1. The van der Waals surface area contributed by atoms with E-state index >= 15 is 0 Å². The second kappa shape index (κ2) is 5.83. The summed E-state index contributed by atoms with van der Waals surface area (Å²) in [5, 5.41) is 12.7. The van der Waals surface area contributed by atoms with E-state index in [1.807, 2.05) is 30.3 Å². The van der Waals surface area contributed by atoms with Gasteiger partial charge in [-0.25, -0.2) is 0 Å². The van der Waals surface area contributed by atoms with Crippen molar-refractivity contribution in [1.29, 1.82) is 0 Å². The van der Waals surface area contributed by atoms with Crippen LogP contribution in [0, 0.1) is 5.92 Å². The minimum Gasteiger partial charge on any atom is -0.490 e. The predicted octanol–water partition coefficient (Wildman–Crippen LogP) is 2.44. The fourth-order valence-corrected chi connectivity index (χ4v) is 3.25. The van der Waals surface area contributed by atoms with Gasteiger partial charge in [-0.3, -0.25) is 4.79 Å². The molecule has 0 aliphatic heterocycles. The Morgan fingerprint density at radius 2 is 1.95 bits per heavy atom. The molecule has 0 radical (unpaired) electrons. The lowest BCUT2D eigenvalue weighted by Gasteiger charge is -2.38. The van der Waals surface area contributed by atoms with Crippen LogP contribution in [0.25, 0.3) is 0 Å². The minimum atomic E-state index is -0.656. The average molecular weight is 275 g/mol. The summed E-state index contributed by atoms with van der Waals surface area (Å²) in [4.78, 5) is 11.1. The first-order chi connectivity index (χ1) is 9.72. The topological polar surface area (TPSA) is 58.6 Å². The molecule has 2 aliphatic carbocycles. The van der Waals surface area contributed by atoms with Gasteiger partial charge in [-0.2, -0.15) is 0 Å². The minimum absolute atomic E-state index is 0.148. The molecular formula is C16H21NO3. The Balaban J connectivity index is 1.43. The molecule has 0 amide bonds. The molecular weight excluding hydrogens is 254 g/mol. The summed E-state index contributed by atoms with van der Waals surface area (Å²) in [6.45, 7) is 0. The Morgan fingerprint density at radius 1 is 1.20 bits per heavy atom.